The van der Waals surface area contributed by atoms with E-state index in [2.05, 4.69) is 18.7 Å². The molecule has 1 fully saturated rings. The SMILES string of the molecule is CCCC(CCO)CN1CCC(C)CC1. The molecule has 0 bridgehead atoms. The van der Waals surface area contributed by atoms with Gasteiger partial charge in [0.2, 0.25) is 0 Å². The highest BCUT2D eigenvalue weighted by atomic mass is 16.3. The molecule has 1 atom stereocenters. The number of hydrogen-bond acceptors (Lipinski definition) is 2. The van der Waals surface area contributed by atoms with Gasteiger partial charge in [0, 0.05) is 13.2 Å². The number of aliphatic hydroxyl groups excluding tert-OH is 1. The van der Waals surface area contributed by atoms with E-state index in [1.165, 1.54) is 45.3 Å². The molecule has 1 unspecified atom stereocenters. The molecule has 2 nitrogen and oxygen atoms in total. The number of piperidine rings is 1. The summed E-state index contributed by atoms with van der Waals surface area (Å²) in [4.78, 5) is 2.59. The maximum atomic E-state index is 9.02. The second-order valence-corrected chi connectivity index (χ2v) is 5.15. The molecule has 1 heterocycles. The molecule has 0 aromatic carbocycles. The Labute approximate surface area is 94.7 Å². The average Bonchev–Trinajstić information content (AvgIpc) is 2.22. The van der Waals surface area contributed by atoms with Crippen LogP contribution >= 0.6 is 0 Å². The Bertz CT molecular complexity index is 147. The Balaban J connectivity index is 2.24. The molecule has 0 saturated carbocycles. The van der Waals surface area contributed by atoms with Gasteiger partial charge in [-0.25, -0.2) is 0 Å². The van der Waals surface area contributed by atoms with E-state index in [0.29, 0.717) is 12.5 Å². The van der Waals surface area contributed by atoms with Crippen molar-refractivity contribution in [1.82, 2.24) is 4.90 Å². The molecule has 15 heavy (non-hydrogen) atoms. The number of aliphatic hydroxyl groups is 1. The summed E-state index contributed by atoms with van der Waals surface area (Å²) in [5.41, 5.74) is 0. The van der Waals surface area contributed by atoms with Gasteiger partial charge >= 0.3 is 0 Å². The summed E-state index contributed by atoms with van der Waals surface area (Å²) < 4.78 is 0. The predicted octanol–water partition coefficient (Wildman–Crippen LogP) is 2.52. The van der Waals surface area contributed by atoms with Crippen LogP contribution in [0, 0.1) is 11.8 Å². The number of hydrogen-bond donors (Lipinski definition) is 1. The van der Waals surface area contributed by atoms with E-state index in [0.717, 1.165) is 12.3 Å². The first kappa shape index (κ1) is 13.0. The lowest BCUT2D eigenvalue weighted by molar-refractivity contribution is 0.147. The molecule has 0 aliphatic carbocycles. The molecule has 1 N–H and O–H groups in total. The topological polar surface area (TPSA) is 23.5 Å². The van der Waals surface area contributed by atoms with E-state index in [-0.39, 0.29) is 0 Å². The molecule has 2 heteroatoms. The van der Waals surface area contributed by atoms with Crippen molar-refractivity contribution in [3.05, 3.63) is 0 Å². The van der Waals surface area contributed by atoms with Gasteiger partial charge in [0.15, 0.2) is 0 Å². The monoisotopic (exact) mass is 213 g/mol. The molecule has 0 aromatic rings. The van der Waals surface area contributed by atoms with Crippen LogP contribution < -0.4 is 0 Å². The van der Waals surface area contributed by atoms with Crippen LogP contribution in [0.5, 0.6) is 0 Å². The zero-order valence-electron chi connectivity index (χ0n) is 10.4. The third-order valence-corrected chi connectivity index (χ3v) is 3.63. The van der Waals surface area contributed by atoms with Crippen LogP contribution in [0.1, 0.15) is 46.0 Å². The number of rotatable bonds is 6. The summed E-state index contributed by atoms with van der Waals surface area (Å²) >= 11 is 0. The maximum absolute atomic E-state index is 9.02. The summed E-state index contributed by atoms with van der Waals surface area (Å²) in [5.74, 6) is 1.64. The van der Waals surface area contributed by atoms with Gasteiger partial charge in [0.1, 0.15) is 0 Å². The van der Waals surface area contributed by atoms with Crippen LogP contribution in [0.25, 0.3) is 0 Å². The van der Waals surface area contributed by atoms with E-state index in [1.54, 1.807) is 0 Å². The van der Waals surface area contributed by atoms with Gasteiger partial charge in [-0.1, -0.05) is 20.3 Å². The minimum Gasteiger partial charge on any atom is -0.396 e. The van der Waals surface area contributed by atoms with E-state index in [1.807, 2.05) is 0 Å². The average molecular weight is 213 g/mol. The molecule has 0 aromatic heterocycles. The van der Waals surface area contributed by atoms with Crippen molar-refractivity contribution in [3.63, 3.8) is 0 Å². The summed E-state index contributed by atoms with van der Waals surface area (Å²) in [7, 11) is 0. The lowest BCUT2D eigenvalue weighted by atomic mass is 9.95. The lowest BCUT2D eigenvalue weighted by Gasteiger charge is -2.33. The van der Waals surface area contributed by atoms with Gasteiger partial charge in [-0.2, -0.15) is 0 Å². The zero-order valence-corrected chi connectivity index (χ0v) is 10.4. The first-order valence-electron chi connectivity index (χ1n) is 6.59. The van der Waals surface area contributed by atoms with Crippen LogP contribution in [0.2, 0.25) is 0 Å². The summed E-state index contributed by atoms with van der Waals surface area (Å²) in [6.07, 6.45) is 6.22. The first-order valence-corrected chi connectivity index (χ1v) is 6.59. The number of nitrogens with zero attached hydrogens (tertiary/aromatic N) is 1. The molecule has 0 radical (unpaired) electrons. The normalized spacial score (nSPS) is 21.8. The van der Waals surface area contributed by atoms with E-state index in [9.17, 15) is 0 Å². The Kier molecular flexibility index (Phi) is 6.26. The predicted molar refractivity (Wildman–Crippen MR) is 64.9 cm³/mol. The van der Waals surface area contributed by atoms with Crippen LogP contribution in [0.4, 0.5) is 0 Å². The van der Waals surface area contributed by atoms with E-state index in [4.69, 9.17) is 5.11 Å². The second-order valence-electron chi connectivity index (χ2n) is 5.15. The largest absolute Gasteiger partial charge is 0.396 e. The van der Waals surface area contributed by atoms with Crippen LogP contribution in [0.3, 0.4) is 0 Å². The molecule has 0 spiro atoms. The Morgan fingerprint density at radius 3 is 2.47 bits per heavy atom. The number of likely N-dealkylation sites (tertiary alicyclic amines) is 1. The molecule has 1 aliphatic rings. The molecular formula is C13H27NO. The van der Waals surface area contributed by atoms with Crippen molar-refractivity contribution in [2.45, 2.75) is 46.0 Å². The highest BCUT2D eigenvalue weighted by molar-refractivity contribution is 4.72. The molecule has 1 aliphatic heterocycles. The third-order valence-electron chi connectivity index (χ3n) is 3.63. The fraction of sp³-hybridized carbons (Fsp3) is 1.00. The summed E-state index contributed by atoms with van der Waals surface area (Å²) in [5, 5.41) is 9.02. The minimum absolute atomic E-state index is 0.356. The van der Waals surface area contributed by atoms with Crippen molar-refractivity contribution in [1.29, 1.82) is 0 Å². The van der Waals surface area contributed by atoms with Crippen molar-refractivity contribution in [3.8, 4) is 0 Å². The summed E-state index contributed by atoms with van der Waals surface area (Å²) in [6.45, 7) is 8.70. The Morgan fingerprint density at radius 1 is 1.27 bits per heavy atom. The zero-order chi connectivity index (χ0) is 11.1. The molecule has 1 saturated heterocycles. The molecule has 0 amide bonds. The standard InChI is InChI=1S/C13H27NO/c1-3-4-13(7-10-15)11-14-8-5-12(2)6-9-14/h12-13,15H,3-11H2,1-2H3. The Morgan fingerprint density at radius 2 is 1.93 bits per heavy atom. The highest BCUT2D eigenvalue weighted by Gasteiger charge is 2.18. The highest BCUT2D eigenvalue weighted by Crippen LogP contribution is 2.19. The molecular weight excluding hydrogens is 186 g/mol. The Hall–Kier alpha value is -0.0800. The van der Waals surface area contributed by atoms with Gasteiger partial charge in [-0.3, -0.25) is 0 Å². The molecule has 1 rings (SSSR count). The van der Waals surface area contributed by atoms with E-state index < -0.39 is 0 Å². The van der Waals surface area contributed by atoms with Gasteiger partial charge in [0.05, 0.1) is 0 Å². The first-order chi connectivity index (χ1) is 7.26. The minimum atomic E-state index is 0.356. The van der Waals surface area contributed by atoms with Crippen LogP contribution in [0.15, 0.2) is 0 Å². The lowest BCUT2D eigenvalue weighted by Crippen LogP contribution is -2.36. The van der Waals surface area contributed by atoms with Crippen LogP contribution in [-0.2, 0) is 0 Å². The smallest absolute Gasteiger partial charge is 0.0434 e. The molecule has 90 valence electrons. The van der Waals surface area contributed by atoms with Crippen molar-refractivity contribution in [2.75, 3.05) is 26.2 Å². The van der Waals surface area contributed by atoms with Gasteiger partial charge < -0.3 is 10.0 Å². The van der Waals surface area contributed by atoms with Crippen molar-refractivity contribution >= 4 is 0 Å². The fourth-order valence-corrected chi connectivity index (χ4v) is 2.53. The van der Waals surface area contributed by atoms with E-state index >= 15 is 0 Å². The quantitative estimate of drug-likeness (QED) is 0.733. The van der Waals surface area contributed by atoms with Crippen molar-refractivity contribution < 1.29 is 5.11 Å². The van der Waals surface area contributed by atoms with Gasteiger partial charge in [0.25, 0.3) is 0 Å². The third kappa shape index (κ3) is 4.98. The van der Waals surface area contributed by atoms with Gasteiger partial charge in [-0.05, 0) is 50.6 Å². The fourth-order valence-electron chi connectivity index (χ4n) is 2.53. The summed E-state index contributed by atoms with van der Waals surface area (Å²) in [6, 6.07) is 0. The van der Waals surface area contributed by atoms with Gasteiger partial charge in [-0.15, -0.1) is 0 Å². The second kappa shape index (κ2) is 7.24. The maximum Gasteiger partial charge on any atom is 0.0434 e. The van der Waals surface area contributed by atoms with Crippen molar-refractivity contribution in [2.24, 2.45) is 11.8 Å². The van der Waals surface area contributed by atoms with Crippen LogP contribution in [-0.4, -0.2) is 36.2 Å².